The van der Waals surface area contributed by atoms with Gasteiger partial charge in [0.1, 0.15) is 0 Å². The van der Waals surface area contributed by atoms with Gasteiger partial charge in [0.2, 0.25) is 10.0 Å². The minimum atomic E-state index is -3.20. The van der Waals surface area contributed by atoms with E-state index < -0.39 is 10.0 Å². The summed E-state index contributed by atoms with van der Waals surface area (Å²) in [5.41, 5.74) is 1.96. The molecule has 0 radical (unpaired) electrons. The Bertz CT molecular complexity index is 624. The molecule has 1 aromatic heterocycles. The molecule has 4 heteroatoms. The molecule has 1 aromatic carbocycles. The topological polar surface area (TPSA) is 39.1 Å². The van der Waals surface area contributed by atoms with Crippen LogP contribution in [0.4, 0.5) is 0 Å². The average Bonchev–Trinajstić information content (AvgIpc) is 2.58. The third-order valence-electron chi connectivity index (χ3n) is 2.70. The molecular weight excluding hydrogens is 222 g/mol. The number of nitrogens with zero attached hydrogens (tertiary/aromatic N) is 1. The van der Waals surface area contributed by atoms with Crippen molar-refractivity contribution in [2.24, 2.45) is 0 Å². The summed E-state index contributed by atoms with van der Waals surface area (Å²) < 4.78 is 24.3. The molecule has 0 aliphatic rings. The molecular formula is C12H15NO2S. The molecule has 0 unspecified atom stereocenters. The molecule has 3 nitrogen and oxygen atoms in total. The van der Waals surface area contributed by atoms with Crippen LogP contribution in [0, 0.1) is 0 Å². The first-order valence-electron chi connectivity index (χ1n) is 5.21. The third kappa shape index (κ3) is 1.85. The number of benzene rings is 1. The average molecular weight is 237 g/mol. The number of aromatic nitrogens is 1. The molecule has 0 saturated heterocycles. The Morgan fingerprint density at radius 2 is 1.88 bits per heavy atom. The fourth-order valence-electron chi connectivity index (χ4n) is 1.78. The van der Waals surface area contributed by atoms with Gasteiger partial charge in [-0.15, -0.1) is 0 Å². The molecule has 0 aliphatic heterocycles. The van der Waals surface area contributed by atoms with Crippen molar-refractivity contribution in [2.45, 2.75) is 19.8 Å². The van der Waals surface area contributed by atoms with Crippen LogP contribution < -0.4 is 0 Å². The summed E-state index contributed by atoms with van der Waals surface area (Å²) in [6.07, 6.45) is 2.81. The molecule has 0 N–H and O–H groups in total. The zero-order chi connectivity index (χ0) is 11.9. The summed E-state index contributed by atoms with van der Waals surface area (Å²) in [4.78, 5) is 0. The highest BCUT2D eigenvalue weighted by molar-refractivity contribution is 7.89. The van der Waals surface area contributed by atoms with Gasteiger partial charge in [0, 0.05) is 11.6 Å². The smallest absolute Gasteiger partial charge is 0.236 e. The number of rotatable bonds is 2. The second-order valence-electron chi connectivity index (χ2n) is 4.35. The Morgan fingerprint density at radius 1 is 1.19 bits per heavy atom. The van der Waals surface area contributed by atoms with Gasteiger partial charge < -0.3 is 0 Å². The van der Waals surface area contributed by atoms with E-state index in [9.17, 15) is 8.42 Å². The van der Waals surface area contributed by atoms with E-state index in [1.165, 1.54) is 15.8 Å². The van der Waals surface area contributed by atoms with Crippen molar-refractivity contribution < 1.29 is 8.42 Å². The van der Waals surface area contributed by atoms with Gasteiger partial charge in [0.25, 0.3) is 0 Å². The molecule has 16 heavy (non-hydrogen) atoms. The van der Waals surface area contributed by atoms with Gasteiger partial charge in [-0.2, -0.15) is 0 Å². The maximum atomic E-state index is 11.5. The van der Waals surface area contributed by atoms with Gasteiger partial charge >= 0.3 is 0 Å². The first-order chi connectivity index (χ1) is 7.39. The van der Waals surface area contributed by atoms with Crippen LogP contribution >= 0.6 is 0 Å². The van der Waals surface area contributed by atoms with E-state index in [2.05, 4.69) is 13.8 Å². The van der Waals surface area contributed by atoms with Crippen molar-refractivity contribution >= 4 is 20.9 Å². The van der Waals surface area contributed by atoms with Gasteiger partial charge in [0.05, 0.1) is 11.8 Å². The summed E-state index contributed by atoms with van der Waals surface area (Å²) in [5.74, 6) is 0.450. The second kappa shape index (κ2) is 3.63. The lowest BCUT2D eigenvalue weighted by atomic mass is 10.0. The van der Waals surface area contributed by atoms with E-state index >= 15 is 0 Å². The minimum absolute atomic E-state index is 0.450. The lowest BCUT2D eigenvalue weighted by molar-refractivity contribution is 0.595. The fraction of sp³-hybridized carbons (Fsp3) is 0.333. The maximum absolute atomic E-state index is 11.5. The molecule has 0 fully saturated rings. The molecule has 0 amide bonds. The van der Waals surface area contributed by atoms with Gasteiger partial charge in [-0.05, 0) is 29.7 Å². The molecule has 1 heterocycles. The SMILES string of the molecule is CC(C)c1ccc2c(ccn2S(C)(=O)=O)c1. The number of fused-ring (bicyclic) bond motifs is 1. The Kier molecular flexibility index (Phi) is 2.54. The van der Waals surface area contributed by atoms with Gasteiger partial charge in [-0.25, -0.2) is 12.4 Å². The number of hydrogen-bond donors (Lipinski definition) is 0. The highest BCUT2D eigenvalue weighted by Crippen LogP contribution is 2.23. The first kappa shape index (κ1) is 11.2. The molecule has 86 valence electrons. The van der Waals surface area contributed by atoms with Gasteiger partial charge in [-0.3, -0.25) is 0 Å². The van der Waals surface area contributed by atoms with Crippen LogP contribution in [-0.2, 0) is 10.0 Å². The predicted octanol–water partition coefficient (Wildman–Crippen LogP) is 2.57. The summed E-state index contributed by atoms with van der Waals surface area (Å²) in [6.45, 7) is 4.24. The molecule has 2 rings (SSSR count). The first-order valence-corrected chi connectivity index (χ1v) is 7.06. The van der Waals surface area contributed by atoms with E-state index in [1.807, 2.05) is 24.3 Å². The van der Waals surface area contributed by atoms with Crippen LogP contribution in [-0.4, -0.2) is 18.6 Å². The molecule has 0 bridgehead atoms. The molecule has 0 aliphatic carbocycles. The van der Waals surface area contributed by atoms with Crippen molar-refractivity contribution in [2.75, 3.05) is 6.26 Å². The largest absolute Gasteiger partial charge is 0.245 e. The van der Waals surface area contributed by atoms with Crippen molar-refractivity contribution in [1.29, 1.82) is 0 Å². The van der Waals surface area contributed by atoms with Crippen LogP contribution in [0.25, 0.3) is 10.9 Å². The second-order valence-corrected chi connectivity index (χ2v) is 6.21. The molecule has 2 aromatic rings. The van der Waals surface area contributed by atoms with Gasteiger partial charge in [-0.1, -0.05) is 19.9 Å². The third-order valence-corrected chi connectivity index (χ3v) is 3.74. The normalized spacial score (nSPS) is 12.5. The zero-order valence-corrected chi connectivity index (χ0v) is 10.5. The van der Waals surface area contributed by atoms with Crippen molar-refractivity contribution in [3.8, 4) is 0 Å². The summed E-state index contributed by atoms with van der Waals surface area (Å²) >= 11 is 0. The van der Waals surface area contributed by atoms with Crippen LogP contribution in [0.5, 0.6) is 0 Å². The molecule has 0 spiro atoms. The van der Waals surface area contributed by atoms with Crippen LogP contribution in [0.3, 0.4) is 0 Å². The maximum Gasteiger partial charge on any atom is 0.236 e. The summed E-state index contributed by atoms with van der Waals surface area (Å²) in [6, 6.07) is 7.73. The van der Waals surface area contributed by atoms with Crippen LogP contribution in [0.1, 0.15) is 25.3 Å². The van der Waals surface area contributed by atoms with E-state index in [1.54, 1.807) is 6.20 Å². The minimum Gasteiger partial charge on any atom is -0.245 e. The van der Waals surface area contributed by atoms with Crippen molar-refractivity contribution in [1.82, 2.24) is 3.97 Å². The Balaban J connectivity index is 2.69. The Labute approximate surface area is 95.8 Å². The van der Waals surface area contributed by atoms with Crippen LogP contribution in [0.15, 0.2) is 30.5 Å². The monoisotopic (exact) mass is 237 g/mol. The predicted molar refractivity (Wildman–Crippen MR) is 66.3 cm³/mol. The summed E-state index contributed by atoms with van der Waals surface area (Å²) in [7, 11) is -3.20. The fourth-order valence-corrected chi connectivity index (χ4v) is 2.59. The zero-order valence-electron chi connectivity index (χ0n) is 9.64. The van der Waals surface area contributed by atoms with E-state index in [0.717, 1.165) is 10.9 Å². The van der Waals surface area contributed by atoms with Gasteiger partial charge in [0.15, 0.2) is 0 Å². The highest BCUT2D eigenvalue weighted by atomic mass is 32.2. The van der Waals surface area contributed by atoms with E-state index in [-0.39, 0.29) is 0 Å². The highest BCUT2D eigenvalue weighted by Gasteiger charge is 2.10. The van der Waals surface area contributed by atoms with Crippen molar-refractivity contribution in [3.05, 3.63) is 36.0 Å². The molecule has 0 saturated carbocycles. The Hall–Kier alpha value is -1.29. The molecule has 0 atom stereocenters. The Morgan fingerprint density at radius 3 is 2.44 bits per heavy atom. The lowest BCUT2D eigenvalue weighted by Gasteiger charge is -2.06. The van der Waals surface area contributed by atoms with E-state index in [0.29, 0.717) is 5.92 Å². The van der Waals surface area contributed by atoms with Crippen molar-refractivity contribution in [3.63, 3.8) is 0 Å². The van der Waals surface area contributed by atoms with E-state index in [4.69, 9.17) is 0 Å². The number of hydrogen-bond acceptors (Lipinski definition) is 2. The van der Waals surface area contributed by atoms with Crippen LogP contribution in [0.2, 0.25) is 0 Å². The summed E-state index contributed by atoms with van der Waals surface area (Å²) in [5, 5.41) is 0.969. The standard InChI is InChI=1S/C12H15NO2S/c1-9(2)10-4-5-12-11(8-10)6-7-13(12)16(3,14)15/h4-9H,1-3H3. The lowest BCUT2D eigenvalue weighted by Crippen LogP contribution is -2.07. The quantitative estimate of drug-likeness (QED) is 0.805.